The van der Waals surface area contributed by atoms with E-state index in [4.69, 9.17) is 4.74 Å². The van der Waals surface area contributed by atoms with Gasteiger partial charge in [-0.1, -0.05) is 36.4 Å². The van der Waals surface area contributed by atoms with Crippen molar-refractivity contribution >= 4 is 16.7 Å². The molecule has 2 atom stereocenters. The lowest BCUT2D eigenvalue weighted by atomic mass is 10.0. The number of carbonyl (C=O) groups is 1. The summed E-state index contributed by atoms with van der Waals surface area (Å²) in [6.07, 6.45) is -1.21. The van der Waals surface area contributed by atoms with E-state index in [1.54, 1.807) is 0 Å². The zero-order chi connectivity index (χ0) is 15.4. The van der Waals surface area contributed by atoms with E-state index in [9.17, 15) is 9.90 Å². The van der Waals surface area contributed by atoms with Crippen molar-refractivity contribution in [2.24, 2.45) is 0 Å². The van der Waals surface area contributed by atoms with E-state index in [0.29, 0.717) is 13.2 Å². The summed E-state index contributed by atoms with van der Waals surface area (Å²) in [7, 11) is 0. The first-order valence-corrected chi connectivity index (χ1v) is 7.51. The molecule has 1 amide bonds. The first kappa shape index (κ1) is 15.0. The molecular weight excluding hydrogens is 280 g/mol. The number of nitrogens with one attached hydrogen (secondary N) is 2. The van der Waals surface area contributed by atoms with E-state index in [2.05, 4.69) is 10.6 Å². The van der Waals surface area contributed by atoms with Gasteiger partial charge in [0, 0.05) is 19.6 Å². The zero-order valence-corrected chi connectivity index (χ0v) is 12.3. The number of benzene rings is 2. The van der Waals surface area contributed by atoms with Crippen LogP contribution in [0.2, 0.25) is 0 Å². The maximum absolute atomic E-state index is 12.0. The highest BCUT2D eigenvalue weighted by Gasteiger charge is 2.22. The molecule has 1 aliphatic heterocycles. The predicted molar refractivity (Wildman–Crippen MR) is 84.5 cm³/mol. The Morgan fingerprint density at radius 3 is 2.91 bits per heavy atom. The maximum atomic E-state index is 12.0. The van der Waals surface area contributed by atoms with Crippen molar-refractivity contribution in [1.29, 1.82) is 0 Å². The molecule has 1 saturated heterocycles. The largest absolute Gasteiger partial charge is 0.387 e. The van der Waals surface area contributed by atoms with Gasteiger partial charge in [0.25, 0.3) is 5.91 Å². The Balaban J connectivity index is 1.60. The summed E-state index contributed by atoms with van der Waals surface area (Å²) >= 11 is 0. The Kier molecular flexibility index (Phi) is 4.68. The highest BCUT2D eigenvalue weighted by atomic mass is 16.5. The number of aliphatic hydroxyl groups excluding tert-OH is 1. The molecule has 0 saturated carbocycles. The Hall–Kier alpha value is -1.95. The lowest BCUT2D eigenvalue weighted by Gasteiger charge is -2.23. The van der Waals surface area contributed by atoms with Crippen LogP contribution in [0.15, 0.2) is 42.5 Å². The fourth-order valence-electron chi connectivity index (χ4n) is 2.58. The fourth-order valence-corrected chi connectivity index (χ4v) is 2.58. The van der Waals surface area contributed by atoms with Crippen molar-refractivity contribution in [2.45, 2.75) is 12.2 Å². The van der Waals surface area contributed by atoms with E-state index >= 15 is 0 Å². The highest BCUT2D eigenvalue weighted by Crippen LogP contribution is 2.20. The summed E-state index contributed by atoms with van der Waals surface area (Å²) < 4.78 is 5.38. The lowest BCUT2D eigenvalue weighted by molar-refractivity contribution is -0.134. The van der Waals surface area contributed by atoms with E-state index < -0.39 is 12.2 Å². The molecule has 0 bridgehead atoms. The quantitative estimate of drug-likeness (QED) is 0.787. The second-order valence-corrected chi connectivity index (χ2v) is 5.43. The van der Waals surface area contributed by atoms with Crippen molar-refractivity contribution in [2.75, 3.05) is 26.2 Å². The molecule has 0 spiro atoms. The molecule has 0 aromatic heterocycles. The zero-order valence-electron chi connectivity index (χ0n) is 12.3. The second kappa shape index (κ2) is 6.87. The van der Waals surface area contributed by atoms with Gasteiger partial charge in [0.2, 0.25) is 0 Å². The van der Waals surface area contributed by atoms with Gasteiger partial charge in [-0.15, -0.1) is 0 Å². The molecule has 5 nitrogen and oxygen atoms in total. The normalized spacial score (nSPS) is 19.8. The van der Waals surface area contributed by atoms with Gasteiger partial charge >= 0.3 is 0 Å². The van der Waals surface area contributed by atoms with Gasteiger partial charge in [-0.05, 0) is 22.4 Å². The number of aliphatic hydroxyl groups is 1. The number of morpholine rings is 1. The predicted octanol–water partition coefficient (Wildman–Crippen LogP) is 0.978. The van der Waals surface area contributed by atoms with Crippen LogP contribution in [0.25, 0.3) is 10.8 Å². The van der Waals surface area contributed by atoms with Crippen molar-refractivity contribution in [3.05, 3.63) is 48.0 Å². The summed E-state index contributed by atoms with van der Waals surface area (Å²) in [6, 6.07) is 13.8. The Bertz CT molecular complexity index is 653. The number of ether oxygens (including phenoxy) is 1. The summed E-state index contributed by atoms with van der Waals surface area (Å²) in [5.41, 5.74) is 0.793. The molecule has 3 rings (SSSR count). The third kappa shape index (κ3) is 3.44. The number of amides is 1. The van der Waals surface area contributed by atoms with Gasteiger partial charge in [-0.3, -0.25) is 4.79 Å². The van der Waals surface area contributed by atoms with Crippen LogP contribution in [0.4, 0.5) is 0 Å². The van der Waals surface area contributed by atoms with Gasteiger partial charge < -0.3 is 20.5 Å². The van der Waals surface area contributed by atoms with E-state index in [-0.39, 0.29) is 12.5 Å². The summed E-state index contributed by atoms with van der Waals surface area (Å²) in [6.45, 7) is 1.99. The molecule has 2 aromatic rings. The Morgan fingerprint density at radius 2 is 2.14 bits per heavy atom. The Labute approximate surface area is 129 Å². The van der Waals surface area contributed by atoms with Crippen LogP contribution in [0, 0.1) is 0 Å². The summed E-state index contributed by atoms with van der Waals surface area (Å²) in [5, 5.41) is 18.3. The molecule has 116 valence electrons. The second-order valence-electron chi connectivity index (χ2n) is 5.43. The smallest absolute Gasteiger partial charge is 0.250 e. The molecule has 0 aliphatic carbocycles. The first-order chi connectivity index (χ1) is 10.7. The van der Waals surface area contributed by atoms with Crippen LogP contribution in [0.3, 0.4) is 0 Å². The highest BCUT2D eigenvalue weighted by molar-refractivity contribution is 5.83. The van der Waals surface area contributed by atoms with E-state index in [0.717, 1.165) is 22.9 Å². The van der Waals surface area contributed by atoms with Gasteiger partial charge in [0.05, 0.1) is 12.7 Å². The minimum Gasteiger partial charge on any atom is -0.387 e. The molecule has 0 radical (unpaired) electrons. The fraction of sp³-hybridized carbons (Fsp3) is 0.353. The van der Waals surface area contributed by atoms with E-state index in [1.165, 1.54) is 0 Å². The number of hydrogen-bond donors (Lipinski definition) is 3. The van der Waals surface area contributed by atoms with Gasteiger partial charge in [-0.2, -0.15) is 0 Å². The standard InChI is InChI=1S/C17H20N2O3/c20-15(10-19-17(21)16-11-18-7-8-22-16)14-6-5-12-3-1-2-4-13(12)9-14/h1-6,9,15-16,18,20H,7-8,10-11H2,(H,19,21). The van der Waals surface area contributed by atoms with Crippen LogP contribution >= 0.6 is 0 Å². The topological polar surface area (TPSA) is 70.6 Å². The number of rotatable bonds is 4. The van der Waals surface area contributed by atoms with Crippen LogP contribution in [-0.2, 0) is 9.53 Å². The molecule has 22 heavy (non-hydrogen) atoms. The molecule has 3 N–H and O–H groups in total. The number of fused-ring (bicyclic) bond motifs is 1. The lowest BCUT2D eigenvalue weighted by Crippen LogP contribution is -2.48. The monoisotopic (exact) mass is 300 g/mol. The van der Waals surface area contributed by atoms with Crippen molar-refractivity contribution < 1.29 is 14.6 Å². The van der Waals surface area contributed by atoms with Crippen LogP contribution in [0.1, 0.15) is 11.7 Å². The van der Waals surface area contributed by atoms with Gasteiger partial charge in [0.1, 0.15) is 6.10 Å². The molecule has 2 aromatic carbocycles. The number of hydrogen-bond acceptors (Lipinski definition) is 4. The van der Waals surface area contributed by atoms with Gasteiger partial charge in [-0.25, -0.2) is 0 Å². The Morgan fingerprint density at radius 1 is 1.32 bits per heavy atom. The van der Waals surface area contributed by atoms with Gasteiger partial charge in [0.15, 0.2) is 0 Å². The third-order valence-electron chi connectivity index (χ3n) is 3.85. The van der Waals surface area contributed by atoms with Crippen LogP contribution < -0.4 is 10.6 Å². The first-order valence-electron chi connectivity index (χ1n) is 7.51. The average molecular weight is 300 g/mol. The van der Waals surface area contributed by atoms with Crippen LogP contribution in [-0.4, -0.2) is 43.4 Å². The van der Waals surface area contributed by atoms with Crippen molar-refractivity contribution in [3.63, 3.8) is 0 Å². The van der Waals surface area contributed by atoms with E-state index in [1.807, 2.05) is 42.5 Å². The molecular formula is C17H20N2O3. The SMILES string of the molecule is O=C(NCC(O)c1ccc2ccccc2c1)C1CNCCO1. The average Bonchev–Trinajstić information content (AvgIpc) is 2.59. The van der Waals surface area contributed by atoms with Crippen molar-refractivity contribution in [3.8, 4) is 0 Å². The van der Waals surface area contributed by atoms with Crippen LogP contribution in [0.5, 0.6) is 0 Å². The molecule has 1 fully saturated rings. The molecule has 2 unspecified atom stereocenters. The molecule has 5 heteroatoms. The molecule has 1 aliphatic rings. The third-order valence-corrected chi connectivity index (χ3v) is 3.85. The maximum Gasteiger partial charge on any atom is 0.250 e. The molecule has 1 heterocycles. The minimum absolute atomic E-state index is 0.178. The number of carbonyl (C=O) groups excluding carboxylic acids is 1. The summed E-state index contributed by atoms with van der Waals surface area (Å²) in [5.74, 6) is -0.188. The summed E-state index contributed by atoms with van der Waals surface area (Å²) in [4.78, 5) is 12.0. The minimum atomic E-state index is -0.731. The van der Waals surface area contributed by atoms with Crippen molar-refractivity contribution in [1.82, 2.24) is 10.6 Å².